The number of carbonyl (C=O) groups is 1. The van der Waals surface area contributed by atoms with E-state index < -0.39 is 6.36 Å². The largest absolute Gasteiger partial charge is 0.573 e. The summed E-state index contributed by atoms with van der Waals surface area (Å²) in [6.07, 6.45) is -2.70. The van der Waals surface area contributed by atoms with E-state index in [1.165, 1.54) is 24.3 Å². The van der Waals surface area contributed by atoms with Gasteiger partial charge in [-0.2, -0.15) is 0 Å². The number of benzene rings is 2. The van der Waals surface area contributed by atoms with Crippen molar-refractivity contribution in [3.63, 3.8) is 0 Å². The van der Waals surface area contributed by atoms with Gasteiger partial charge in [0.2, 0.25) is 0 Å². The normalized spacial score (nSPS) is 14.0. The average Bonchev–Trinajstić information content (AvgIpc) is 3.22. The Morgan fingerprint density at radius 3 is 2.39 bits per heavy atom. The molecule has 2 aromatic carbocycles. The quantitative estimate of drug-likeness (QED) is 0.285. The molecule has 1 aliphatic heterocycles. The fourth-order valence-corrected chi connectivity index (χ4v) is 2.97. The van der Waals surface area contributed by atoms with Crippen LogP contribution in [0.5, 0.6) is 5.75 Å². The second kappa shape index (κ2) is 11.1. The van der Waals surface area contributed by atoms with E-state index in [1.54, 1.807) is 11.0 Å². The molecule has 0 aromatic heterocycles. The van der Waals surface area contributed by atoms with Crippen molar-refractivity contribution >= 4 is 47.3 Å². The Kier molecular flexibility index (Phi) is 8.77. The van der Waals surface area contributed by atoms with Crippen LogP contribution in [-0.2, 0) is 6.54 Å². The van der Waals surface area contributed by atoms with E-state index in [0.29, 0.717) is 11.4 Å². The lowest BCUT2D eigenvalue weighted by Crippen LogP contribution is -2.32. The summed E-state index contributed by atoms with van der Waals surface area (Å²) in [4.78, 5) is 18.2. The van der Waals surface area contributed by atoms with Crippen LogP contribution in [0.1, 0.15) is 18.4 Å². The summed E-state index contributed by atoms with van der Waals surface area (Å²) < 4.78 is 40.4. The summed E-state index contributed by atoms with van der Waals surface area (Å²) >= 11 is 0. The number of carbonyl (C=O) groups excluding carboxylic acids is 1. The van der Waals surface area contributed by atoms with Crippen LogP contribution in [0, 0.1) is 0 Å². The number of hydrogen-bond acceptors (Lipinski definition) is 3. The number of halogens is 4. The van der Waals surface area contributed by atoms with Crippen LogP contribution in [0.15, 0.2) is 53.5 Å². The standard InChI is InChI=1S/C20H22F3N5O2.HI/c21-20(22,23)30-17-8-6-15(7-9-17)26-18(24)25-13-14-4-3-5-16(12-14)27-19(29)28-10-1-2-11-28;/h3-9,12H,1-2,10-11,13H2,(H,27,29)(H3,24,25,26);1H. The Bertz CT molecular complexity index is 900. The van der Waals surface area contributed by atoms with E-state index in [2.05, 4.69) is 20.4 Å². The van der Waals surface area contributed by atoms with Gasteiger partial charge in [-0.15, -0.1) is 37.1 Å². The number of guanidine groups is 1. The molecule has 1 saturated heterocycles. The Morgan fingerprint density at radius 2 is 1.74 bits per heavy atom. The van der Waals surface area contributed by atoms with Crippen LogP contribution in [-0.4, -0.2) is 36.3 Å². The Labute approximate surface area is 194 Å². The zero-order valence-corrected chi connectivity index (χ0v) is 18.8. The number of anilines is 2. The fourth-order valence-electron chi connectivity index (χ4n) is 2.97. The van der Waals surface area contributed by atoms with Gasteiger partial charge in [-0.3, -0.25) is 0 Å². The van der Waals surface area contributed by atoms with Crippen molar-refractivity contribution in [2.75, 3.05) is 23.7 Å². The molecule has 0 saturated carbocycles. The van der Waals surface area contributed by atoms with Crippen LogP contribution >= 0.6 is 24.0 Å². The number of rotatable bonds is 5. The molecule has 11 heteroatoms. The number of nitrogens with zero attached hydrogens (tertiary/aromatic N) is 2. The maximum Gasteiger partial charge on any atom is 0.573 e. The number of aliphatic imine (C=N–C) groups is 1. The first-order valence-electron chi connectivity index (χ1n) is 9.36. The monoisotopic (exact) mass is 549 g/mol. The number of urea groups is 1. The highest BCUT2D eigenvalue weighted by molar-refractivity contribution is 14.0. The van der Waals surface area contributed by atoms with Gasteiger partial charge in [0.05, 0.1) is 6.54 Å². The smallest absolute Gasteiger partial charge is 0.406 e. The highest BCUT2D eigenvalue weighted by Gasteiger charge is 2.30. The van der Waals surface area contributed by atoms with Gasteiger partial charge < -0.3 is 26.0 Å². The van der Waals surface area contributed by atoms with Crippen LogP contribution in [0.2, 0.25) is 0 Å². The Morgan fingerprint density at radius 1 is 1.06 bits per heavy atom. The third-order valence-corrected chi connectivity index (χ3v) is 4.36. The molecule has 0 aliphatic carbocycles. The molecule has 0 spiro atoms. The van der Waals surface area contributed by atoms with E-state index in [4.69, 9.17) is 5.73 Å². The van der Waals surface area contributed by atoms with Crippen molar-refractivity contribution < 1.29 is 22.7 Å². The van der Waals surface area contributed by atoms with Crippen molar-refractivity contribution in [1.82, 2.24) is 4.90 Å². The van der Waals surface area contributed by atoms with E-state index >= 15 is 0 Å². The number of nitrogens with one attached hydrogen (secondary N) is 2. The molecular weight excluding hydrogens is 526 g/mol. The molecule has 4 N–H and O–H groups in total. The van der Waals surface area contributed by atoms with Crippen molar-refractivity contribution in [2.24, 2.45) is 10.7 Å². The molecule has 1 fully saturated rings. The van der Waals surface area contributed by atoms with E-state index in [1.807, 2.05) is 18.2 Å². The SMILES string of the molecule is I.NC(=NCc1cccc(NC(=O)N2CCCC2)c1)Nc1ccc(OC(F)(F)F)cc1. The third kappa shape index (κ3) is 8.15. The van der Waals surface area contributed by atoms with Gasteiger partial charge in [0.25, 0.3) is 0 Å². The molecule has 0 unspecified atom stereocenters. The van der Waals surface area contributed by atoms with Gasteiger partial charge in [0.15, 0.2) is 5.96 Å². The second-order valence-corrected chi connectivity index (χ2v) is 6.72. The number of amides is 2. The number of likely N-dealkylation sites (tertiary alicyclic amines) is 1. The minimum absolute atomic E-state index is 0. The number of nitrogens with two attached hydrogens (primary N) is 1. The lowest BCUT2D eigenvalue weighted by Gasteiger charge is -2.16. The predicted molar refractivity (Wildman–Crippen MR) is 124 cm³/mol. The van der Waals surface area contributed by atoms with E-state index in [-0.39, 0.29) is 48.3 Å². The van der Waals surface area contributed by atoms with Crippen molar-refractivity contribution in [3.8, 4) is 5.75 Å². The van der Waals surface area contributed by atoms with Gasteiger partial charge in [-0.05, 0) is 54.8 Å². The summed E-state index contributed by atoms with van der Waals surface area (Å²) in [6, 6.07) is 12.3. The second-order valence-electron chi connectivity index (χ2n) is 6.72. The van der Waals surface area contributed by atoms with E-state index in [0.717, 1.165) is 31.5 Å². The number of ether oxygens (including phenoxy) is 1. The van der Waals surface area contributed by atoms with Crippen LogP contribution in [0.25, 0.3) is 0 Å². The summed E-state index contributed by atoms with van der Waals surface area (Å²) in [5.41, 5.74) is 7.83. The lowest BCUT2D eigenvalue weighted by atomic mass is 10.2. The fraction of sp³-hybridized carbons (Fsp3) is 0.300. The Balaban J connectivity index is 0.00000341. The molecule has 2 amide bonds. The summed E-state index contributed by atoms with van der Waals surface area (Å²) in [5.74, 6) is -0.220. The molecular formula is C20H23F3IN5O2. The lowest BCUT2D eigenvalue weighted by molar-refractivity contribution is -0.274. The number of alkyl halides is 3. The van der Waals surface area contributed by atoms with Gasteiger partial charge in [0, 0.05) is 24.5 Å². The Hall–Kier alpha value is -2.70. The molecule has 1 aliphatic rings. The van der Waals surface area contributed by atoms with Crippen molar-refractivity contribution in [3.05, 3.63) is 54.1 Å². The van der Waals surface area contributed by atoms with Crippen LogP contribution in [0.3, 0.4) is 0 Å². The minimum Gasteiger partial charge on any atom is -0.406 e. The van der Waals surface area contributed by atoms with Gasteiger partial charge in [0.1, 0.15) is 5.75 Å². The van der Waals surface area contributed by atoms with Crippen molar-refractivity contribution in [2.45, 2.75) is 25.7 Å². The van der Waals surface area contributed by atoms with Crippen LogP contribution in [0.4, 0.5) is 29.3 Å². The highest BCUT2D eigenvalue weighted by atomic mass is 127. The zero-order chi connectivity index (χ0) is 21.6. The molecule has 3 rings (SSSR count). The summed E-state index contributed by atoms with van der Waals surface area (Å²) in [7, 11) is 0. The first-order valence-corrected chi connectivity index (χ1v) is 9.36. The molecule has 7 nitrogen and oxygen atoms in total. The van der Waals surface area contributed by atoms with Crippen LogP contribution < -0.4 is 21.1 Å². The first-order chi connectivity index (χ1) is 14.3. The summed E-state index contributed by atoms with van der Waals surface area (Å²) in [5, 5.41) is 5.67. The topological polar surface area (TPSA) is 92.0 Å². The molecule has 0 bridgehead atoms. The van der Waals surface area contributed by atoms with Gasteiger partial charge >= 0.3 is 12.4 Å². The highest BCUT2D eigenvalue weighted by Crippen LogP contribution is 2.24. The van der Waals surface area contributed by atoms with Gasteiger partial charge in [-0.1, -0.05) is 12.1 Å². The van der Waals surface area contributed by atoms with E-state index in [9.17, 15) is 18.0 Å². The molecule has 0 radical (unpaired) electrons. The van der Waals surface area contributed by atoms with Gasteiger partial charge in [-0.25, -0.2) is 9.79 Å². The average molecular weight is 549 g/mol. The zero-order valence-electron chi connectivity index (χ0n) is 16.5. The predicted octanol–water partition coefficient (Wildman–Crippen LogP) is 4.76. The third-order valence-electron chi connectivity index (χ3n) is 4.36. The molecule has 1 heterocycles. The summed E-state index contributed by atoms with van der Waals surface area (Å²) in [6.45, 7) is 1.80. The maximum absolute atomic E-state index is 12.2. The molecule has 0 atom stereocenters. The maximum atomic E-state index is 12.2. The molecule has 168 valence electrons. The molecule has 31 heavy (non-hydrogen) atoms. The number of hydrogen-bond donors (Lipinski definition) is 3. The first kappa shape index (κ1) is 24.6. The minimum atomic E-state index is -4.74. The van der Waals surface area contributed by atoms with Crippen molar-refractivity contribution in [1.29, 1.82) is 0 Å². The molecule has 2 aromatic rings.